The summed E-state index contributed by atoms with van der Waals surface area (Å²) in [4.78, 5) is 40.6. The van der Waals surface area contributed by atoms with Gasteiger partial charge in [0.15, 0.2) is 5.78 Å². The van der Waals surface area contributed by atoms with E-state index in [2.05, 4.69) is 5.32 Å². The Kier molecular flexibility index (Phi) is 9.51. The lowest BCUT2D eigenvalue weighted by atomic mass is 9.87. The summed E-state index contributed by atoms with van der Waals surface area (Å²) in [5, 5.41) is 13.0. The van der Waals surface area contributed by atoms with Crippen LogP contribution >= 0.6 is 11.6 Å². The maximum Gasteiger partial charge on any atom is 0.306 e. The number of nitrogens with zero attached hydrogens (tertiary/aromatic N) is 2. The fourth-order valence-electron chi connectivity index (χ4n) is 6.34. The first-order valence-corrected chi connectivity index (χ1v) is 15.0. The number of aryl methyl sites for hydroxylation is 1. The van der Waals surface area contributed by atoms with E-state index in [4.69, 9.17) is 21.1 Å². The zero-order chi connectivity index (χ0) is 30.7. The second kappa shape index (κ2) is 13.1. The maximum absolute atomic E-state index is 15.5. The van der Waals surface area contributed by atoms with E-state index >= 15 is 4.39 Å². The summed E-state index contributed by atoms with van der Waals surface area (Å²) < 4.78 is 29.4. The number of aliphatic carboxylic acids is 1. The van der Waals surface area contributed by atoms with Gasteiger partial charge in [-0.25, -0.2) is 4.39 Å². The smallest absolute Gasteiger partial charge is 0.306 e. The molecule has 1 unspecified atom stereocenters. The summed E-state index contributed by atoms with van der Waals surface area (Å²) in [5.74, 6) is -2.71. The number of rotatable bonds is 11. The van der Waals surface area contributed by atoms with Crippen molar-refractivity contribution in [3.8, 4) is 0 Å². The molecular formula is C32H37ClFN3O6. The summed E-state index contributed by atoms with van der Waals surface area (Å²) in [6.07, 6.45) is 4.81. The highest BCUT2D eigenvalue weighted by molar-refractivity contribution is 6.34. The minimum absolute atomic E-state index is 0.0424. The Morgan fingerprint density at radius 1 is 1.12 bits per heavy atom. The Morgan fingerprint density at radius 3 is 2.49 bits per heavy atom. The van der Waals surface area contributed by atoms with Crippen molar-refractivity contribution in [1.82, 2.24) is 9.47 Å². The van der Waals surface area contributed by atoms with Crippen LogP contribution in [0.5, 0.6) is 0 Å². The third kappa shape index (κ3) is 6.47. The Bertz CT molecular complexity index is 1510. The standard InChI is InChI=1S/C32H37ClFN3O6/c1-36-18-24(23-7-3-4-8-28(23)36)30(39)35-27-17-26(34)21(15-25(27)33)16-29(38)32(19-42-2,37-13-5-6-14-37)43-22-11-9-20(10-12-22)31(40)41/h3-4,7-8,15,17-18,20,22H,5-6,9-14,16,19H2,1-2H3,(H,35,39)(H,40,41). The van der Waals surface area contributed by atoms with Gasteiger partial charge >= 0.3 is 5.97 Å². The summed E-state index contributed by atoms with van der Waals surface area (Å²) in [7, 11) is 3.34. The number of anilines is 1. The largest absolute Gasteiger partial charge is 0.481 e. The van der Waals surface area contributed by atoms with Crippen LogP contribution in [0.1, 0.15) is 54.4 Å². The van der Waals surface area contributed by atoms with E-state index in [1.165, 1.54) is 13.2 Å². The number of aromatic nitrogens is 1. The van der Waals surface area contributed by atoms with E-state index < -0.39 is 29.3 Å². The van der Waals surface area contributed by atoms with Crippen LogP contribution in [-0.2, 0) is 32.5 Å². The highest BCUT2D eigenvalue weighted by atomic mass is 35.5. The molecule has 2 aromatic carbocycles. The van der Waals surface area contributed by atoms with Crippen molar-refractivity contribution in [2.75, 3.05) is 32.1 Å². The average Bonchev–Trinajstić information content (AvgIpc) is 3.65. The fraction of sp³-hybridized carbons (Fsp3) is 0.469. The van der Waals surface area contributed by atoms with E-state index in [0.717, 1.165) is 29.8 Å². The van der Waals surface area contributed by atoms with Gasteiger partial charge in [-0.3, -0.25) is 19.3 Å². The molecule has 0 spiro atoms. The van der Waals surface area contributed by atoms with Gasteiger partial charge in [-0.05, 0) is 62.3 Å². The fourth-order valence-corrected chi connectivity index (χ4v) is 6.58. The molecule has 1 atom stereocenters. The van der Waals surface area contributed by atoms with Gasteiger partial charge in [0.1, 0.15) is 5.82 Å². The number of Topliss-reactive ketones (excluding diaryl/α,β-unsaturated/α-hetero) is 1. The van der Waals surface area contributed by atoms with Gasteiger partial charge in [0.05, 0.1) is 34.9 Å². The number of para-hydroxylation sites is 1. The van der Waals surface area contributed by atoms with Gasteiger partial charge in [0.25, 0.3) is 5.91 Å². The molecule has 1 saturated heterocycles. The number of carboxylic acid groups (broad SMARTS) is 1. The number of hydrogen-bond acceptors (Lipinski definition) is 6. The maximum atomic E-state index is 15.5. The molecule has 11 heteroatoms. The van der Waals surface area contributed by atoms with Gasteiger partial charge in [-0.15, -0.1) is 0 Å². The topological polar surface area (TPSA) is 110 Å². The third-order valence-electron chi connectivity index (χ3n) is 8.65. The number of carbonyl (C=O) groups is 3. The van der Waals surface area contributed by atoms with Gasteiger partial charge in [-0.1, -0.05) is 29.8 Å². The molecule has 43 heavy (non-hydrogen) atoms. The summed E-state index contributed by atoms with van der Waals surface area (Å²) >= 11 is 6.52. The molecule has 1 amide bonds. The van der Waals surface area contributed by atoms with Crippen LogP contribution in [0.15, 0.2) is 42.6 Å². The van der Waals surface area contributed by atoms with Crippen LogP contribution in [0.4, 0.5) is 10.1 Å². The number of fused-ring (bicyclic) bond motifs is 1. The van der Waals surface area contributed by atoms with E-state index in [0.29, 0.717) is 44.3 Å². The minimum Gasteiger partial charge on any atom is -0.481 e. The normalized spacial score (nSPS) is 20.7. The first-order valence-electron chi connectivity index (χ1n) is 14.6. The molecule has 230 valence electrons. The first-order chi connectivity index (χ1) is 20.6. The van der Waals surface area contributed by atoms with Crippen molar-refractivity contribution in [3.63, 3.8) is 0 Å². The van der Waals surface area contributed by atoms with Gasteiger partial charge < -0.3 is 24.5 Å². The van der Waals surface area contributed by atoms with Crippen LogP contribution in [0, 0.1) is 11.7 Å². The van der Waals surface area contributed by atoms with E-state index in [-0.39, 0.29) is 41.2 Å². The number of hydrogen-bond donors (Lipinski definition) is 2. The van der Waals surface area contributed by atoms with Crippen LogP contribution in [0.3, 0.4) is 0 Å². The highest BCUT2D eigenvalue weighted by Crippen LogP contribution is 2.35. The molecule has 1 aliphatic heterocycles. The third-order valence-corrected chi connectivity index (χ3v) is 8.97. The quantitative estimate of drug-likeness (QED) is 0.297. The number of likely N-dealkylation sites (tertiary alicyclic amines) is 1. The number of ether oxygens (including phenoxy) is 2. The number of carbonyl (C=O) groups excluding carboxylic acids is 2. The second-order valence-corrected chi connectivity index (χ2v) is 11.9. The van der Waals surface area contributed by atoms with Crippen molar-refractivity contribution in [3.05, 3.63) is 64.6 Å². The summed E-state index contributed by atoms with van der Waals surface area (Å²) in [6, 6.07) is 9.97. The lowest BCUT2D eigenvalue weighted by Gasteiger charge is -2.43. The van der Waals surface area contributed by atoms with Crippen molar-refractivity contribution < 1.29 is 33.4 Å². The molecule has 0 radical (unpaired) electrons. The molecule has 5 rings (SSSR count). The lowest BCUT2D eigenvalue weighted by molar-refractivity contribution is -0.211. The number of nitrogens with one attached hydrogen (secondary N) is 1. The average molecular weight is 614 g/mol. The molecule has 2 heterocycles. The van der Waals surface area contributed by atoms with E-state index in [1.807, 2.05) is 40.8 Å². The summed E-state index contributed by atoms with van der Waals surface area (Å²) in [5.41, 5.74) is 0.0526. The molecule has 2 fully saturated rings. The number of benzene rings is 2. The first kappa shape index (κ1) is 31.1. The van der Waals surface area contributed by atoms with Crippen molar-refractivity contribution in [1.29, 1.82) is 0 Å². The molecular weight excluding hydrogens is 577 g/mol. The van der Waals surface area contributed by atoms with Crippen molar-refractivity contribution >= 4 is 45.9 Å². The molecule has 3 aromatic rings. The molecule has 1 saturated carbocycles. The predicted molar refractivity (Wildman–Crippen MR) is 161 cm³/mol. The number of ketones is 1. The zero-order valence-electron chi connectivity index (χ0n) is 24.4. The van der Waals surface area contributed by atoms with Gasteiger partial charge in [0, 0.05) is 50.8 Å². The Balaban J connectivity index is 1.36. The second-order valence-electron chi connectivity index (χ2n) is 11.5. The molecule has 0 bridgehead atoms. The molecule has 2 aliphatic rings. The van der Waals surface area contributed by atoms with Crippen LogP contribution in [-0.4, -0.2) is 70.9 Å². The number of methoxy groups -OCH3 is 1. The van der Waals surface area contributed by atoms with Crippen LogP contribution < -0.4 is 5.32 Å². The Hall–Kier alpha value is -3.31. The van der Waals surface area contributed by atoms with Crippen LogP contribution in [0.2, 0.25) is 5.02 Å². The summed E-state index contributed by atoms with van der Waals surface area (Å²) in [6.45, 7) is 1.21. The number of amides is 1. The number of halogens is 2. The highest BCUT2D eigenvalue weighted by Gasteiger charge is 2.48. The predicted octanol–water partition coefficient (Wildman–Crippen LogP) is 5.43. The molecule has 2 N–H and O–H groups in total. The molecule has 9 nitrogen and oxygen atoms in total. The number of carboxylic acids is 1. The van der Waals surface area contributed by atoms with Crippen LogP contribution in [0.25, 0.3) is 10.9 Å². The van der Waals surface area contributed by atoms with Crippen molar-refractivity contribution in [2.24, 2.45) is 13.0 Å². The van der Waals surface area contributed by atoms with E-state index in [9.17, 15) is 19.5 Å². The molecule has 1 aliphatic carbocycles. The van der Waals surface area contributed by atoms with Crippen molar-refractivity contribution in [2.45, 2.75) is 56.8 Å². The minimum atomic E-state index is -1.44. The zero-order valence-corrected chi connectivity index (χ0v) is 25.2. The van der Waals surface area contributed by atoms with Gasteiger partial charge in [0.2, 0.25) is 5.72 Å². The SMILES string of the molecule is COCC(OC1CCC(C(=O)O)CC1)(C(=O)Cc1cc(Cl)c(NC(=O)c2cn(C)c3ccccc23)cc1F)N1CCCC1. The lowest BCUT2D eigenvalue weighted by Crippen LogP contribution is -2.61. The Morgan fingerprint density at radius 2 is 1.81 bits per heavy atom. The van der Waals surface area contributed by atoms with Gasteiger partial charge in [-0.2, -0.15) is 0 Å². The monoisotopic (exact) mass is 613 g/mol. The molecule has 1 aromatic heterocycles. The Labute approximate surface area is 254 Å². The van der Waals surface area contributed by atoms with E-state index in [1.54, 1.807) is 6.20 Å².